The zero-order valence-electron chi connectivity index (χ0n) is 10.3. The number of hydrogen-bond donors (Lipinski definition) is 1. The summed E-state index contributed by atoms with van der Waals surface area (Å²) in [5.41, 5.74) is 0.0346. The van der Waals surface area contributed by atoms with Crippen molar-refractivity contribution in [2.75, 3.05) is 4.72 Å². The fourth-order valence-corrected chi connectivity index (χ4v) is 3.51. The second kappa shape index (κ2) is 6.02. The van der Waals surface area contributed by atoms with Gasteiger partial charge in [-0.2, -0.15) is 5.26 Å². The fourth-order valence-electron chi connectivity index (χ4n) is 1.56. The molecule has 0 aliphatic heterocycles. The molecule has 0 fully saturated rings. The maximum atomic E-state index is 13.7. The van der Waals surface area contributed by atoms with Crippen LogP contribution in [0, 0.1) is 17.1 Å². The lowest BCUT2D eigenvalue weighted by Gasteiger charge is -2.10. The van der Waals surface area contributed by atoms with Crippen molar-refractivity contribution in [3.8, 4) is 6.07 Å². The summed E-state index contributed by atoms with van der Waals surface area (Å²) in [6, 6.07) is 9.51. The fraction of sp³-hybridized carbons (Fsp3) is 0. The van der Waals surface area contributed by atoms with Gasteiger partial charge in [-0.3, -0.25) is 4.72 Å². The smallest absolute Gasteiger partial charge is 0.263 e. The highest BCUT2D eigenvalue weighted by Gasteiger charge is 2.20. The maximum absolute atomic E-state index is 13.7. The molecule has 2 aromatic carbocycles. The predicted octanol–water partition coefficient (Wildman–Crippen LogP) is 3.91. The Morgan fingerprint density at radius 1 is 1.24 bits per heavy atom. The van der Waals surface area contributed by atoms with E-state index in [-0.39, 0.29) is 21.2 Å². The van der Waals surface area contributed by atoms with Crippen LogP contribution in [0.15, 0.2) is 45.8 Å². The molecule has 0 aliphatic rings. The minimum Gasteiger partial charge on any atom is -0.277 e. The summed E-state index contributed by atoms with van der Waals surface area (Å²) in [6.07, 6.45) is 0. The predicted molar refractivity (Wildman–Crippen MR) is 81.1 cm³/mol. The Morgan fingerprint density at radius 3 is 2.52 bits per heavy atom. The Morgan fingerprint density at radius 2 is 1.95 bits per heavy atom. The molecule has 1 N–H and O–H groups in total. The maximum Gasteiger partial charge on any atom is 0.263 e. The van der Waals surface area contributed by atoms with Gasteiger partial charge < -0.3 is 0 Å². The molecule has 0 saturated carbocycles. The van der Waals surface area contributed by atoms with Crippen molar-refractivity contribution in [2.24, 2.45) is 0 Å². The first kappa shape index (κ1) is 15.8. The van der Waals surface area contributed by atoms with Crippen LogP contribution in [0.1, 0.15) is 5.56 Å². The third-order valence-electron chi connectivity index (χ3n) is 2.53. The molecule has 21 heavy (non-hydrogen) atoms. The molecule has 0 atom stereocenters. The average molecular weight is 390 g/mol. The molecule has 0 bridgehead atoms. The first-order chi connectivity index (χ1) is 9.83. The van der Waals surface area contributed by atoms with Crippen LogP contribution in [-0.4, -0.2) is 8.42 Å². The van der Waals surface area contributed by atoms with Gasteiger partial charge in [0.05, 0.1) is 22.3 Å². The van der Waals surface area contributed by atoms with Crippen LogP contribution >= 0.6 is 27.5 Å². The largest absolute Gasteiger partial charge is 0.277 e. The number of sulfonamides is 1. The lowest BCUT2D eigenvalue weighted by atomic mass is 10.2. The Balaban J connectivity index is 2.41. The molecule has 4 nitrogen and oxygen atoms in total. The van der Waals surface area contributed by atoms with Gasteiger partial charge in [-0.25, -0.2) is 12.8 Å². The minimum atomic E-state index is -4.05. The molecule has 0 amide bonds. The SMILES string of the molecule is N#Cc1ccc(S(=O)(=O)Nc2ccc(Br)cc2F)c(Cl)c1. The van der Waals surface area contributed by atoms with Gasteiger partial charge in [-0.05, 0) is 36.4 Å². The zero-order chi connectivity index (χ0) is 15.6. The summed E-state index contributed by atoms with van der Waals surface area (Å²) in [5, 5.41) is 8.61. The number of nitrogens with one attached hydrogen (secondary N) is 1. The van der Waals surface area contributed by atoms with E-state index >= 15 is 0 Å². The summed E-state index contributed by atoms with van der Waals surface area (Å²) in [5.74, 6) is -0.724. The topological polar surface area (TPSA) is 70.0 Å². The molecule has 0 aromatic heterocycles. The van der Waals surface area contributed by atoms with Crippen molar-refractivity contribution in [3.63, 3.8) is 0 Å². The molecule has 0 saturated heterocycles. The van der Waals surface area contributed by atoms with Gasteiger partial charge in [0, 0.05) is 4.47 Å². The van der Waals surface area contributed by atoms with Crippen LogP contribution in [0.4, 0.5) is 10.1 Å². The Bertz CT molecular complexity index is 850. The lowest BCUT2D eigenvalue weighted by molar-refractivity contribution is 0.598. The lowest BCUT2D eigenvalue weighted by Crippen LogP contribution is -2.14. The van der Waals surface area contributed by atoms with Crippen LogP contribution in [0.3, 0.4) is 0 Å². The van der Waals surface area contributed by atoms with Gasteiger partial charge >= 0.3 is 0 Å². The Labute approximate surface area is 134 Å². The van der Waals surface area contributed by atoms with Crippen molar-refractivity contribution < 1.29 is 12.8 Å². The second-order valence-electron chi connectivity index (χ2n) is 3.99. The molecular formula is C13H7BrClFN2O2S. The molecule has 0 radical (unpaired) electrons. The molecule has 108 valence electrons. The summed E-state index contributed by atoms with van der Waals surface area (Å²) in [7, 11) is -4.05. The number of halogens is 3. The van der Waals surface area contributed by atoms with Crippen molar-refractivity contribution in [1.29, 1.82) is 5.26 Å². The first-order valence-electron chi connectivity index (χ1n) is 5.51. The van der Waals surface area contributed by atoms with Gasteiger partial charge in [0.25, 0.3) is 10.0 Å². The zero-order valence-corrected chi connectivity index (χ0v) is 13.4. The van der Waals surface area contributed by atoms with Crippen molar-refractivity contribution in [2.45, 2.75) is 4.90 Å². The second-order valence-corrected chi connectivity index (χ2v) is 6.96. The highest BCUT2D eigenvalue weighted by Crippen LogP contribution is 2.26. The molecule has 8 heteroatoms. The van der Waals surface area contributed by atoms with E-state index in [1.54, 1.807) is 0 Å². The highest BCUT2D eigenvalue weighted by molar-refractivity contribution is 9.10. The molecule has 0 heterocycles. The van der Waals surface area contributed by atoms with Crippen molar-refractivity contribution in [1.82, 2.24) is 0 Å². The minimum absolute atomic E-state index is 0.112. The van der Waals surface area contributed by atoms with E-state index < -0.39 is 15.8 Å². The van der Waals surface area contributed by atoms with Gasteiger partial charge in [0.15, 0.2) is 0 Å². The molecule has 0 spiro atoms. The Hall–Kier alpha value is -1.62. The number of nitrogens with zero attached hydrogens (tertiary/aromatic N) is 1. The number of hydrogen-bond acceptors (Lipinski definition) is 3. The average Bonchev–Trinajstić information content (AvgIpc) is 2.41. The monoisotopic (exact) mass is 388 g/mol. The molecular weight excluding hydrogens is 383 g/mol. The third kappa shape index (κ3) is 3.53. The van der Waals surface area contributed by atoms with E-state index in [2.05, 4.69) is 20.7 Å². The molecule has 0 aliphatic carbocycles. The number of rotatable bonds is 3. The molecule has 2 rings (SSSR count). The highest BCUT2D eigenvalue weighted by atomic mass is 79.9. The van der Waals surface area contributed by atoms with E-state index in [0.29, 0.717) is 4.47 Å². The van der Waals surface area contributed by atoms with Gasteiger partial charge in [0.2, 0.25) is 0 Å². The standard InChI is InChI=1S/C13H7BrClFN2O2S/c14-9-2-3-12(11(16)6-9)18-21(19,20)13-4-1-8(7-17)5-10(13)15/h1-6,18H. The number of benzene rings is 2. The number of nitriles is 1. The Kier molecular flexibility index (Phi) is 4.52. The van der Waals surface area contributed by atoms with Gasteiger partial charge in [-0.15, -0.1) is 0 Å². The summed E-state index contributed by atoms with van der Waals surface area (Å²) in [6.45, 7) is 0. The first-order valence-corrected chi connectivity index (χ1v) is 8.16. The van der Waals surface area contributed by atoms with Gasteiger partial charge in [0.1, 0.15) is 10.7 Å². The van der Waals surface area contributed by atoms with Crippen molar-refractivity contribution in [3.05, 3.63) is 57.3 Å². The summed E-state index contributed by atoms with van der Waals surface area (Å²) < 4.78 is 40.7. The van der Waals surface area contributed by atoms with E-state index in [0.717, 1.165) is 6.07 Å². The molecule has 2 aromatic rings. The van der Waals surface area contributed by atoms with Crippen LogP contribution in [0.5, 0.6) is 0 Å². The summed E-state index contributed by atoms with van der Waals surface area (Å²) >= 11 is 8.93. The number of anilines is 1. The van der Waals surface area contributed by atoms with Gasteiger partial charge in [-0.1, -0.05) is 27.5 Å². The quantitative estimate of drug-likeness (QED) is 0.865. The normalized spacial score (nSPS) is 11.0. The molecule has 0 unspecified atom stereocenters. The van der Waals surface area contributed by atoms with E-state index in [1.807, 2.05) is 6.07 Å². The van der Waals surface area contributed by atoms with Crippen LogP contribution in [-0.2, 0) is 10.0 Å². The van der Waals surface area contributed by atoms with Crippen molar-refractivity contribution >= 4 is 43.2 Å². The van der Waals surface area contributed by atoms with E-state index in [4.69, 9.17) is 16.9 Å². The van der Waals surface area contributed by atoms with E-state index in [9.17, 15) is 12.8 Å². The van der Waals surface area contributed by atoms with Crippen LogP contribution < -0.4 is 4.72 Å². The van der Waals surface area contributed by atoms with E-state index in [1.165, 1.54) is 30.3 Å². The van der Waals surface area contributed by atoms with Crippen LogP contribution in [0.2, 0.25) is 5.02 Å². The third-order valence-corrected chi connectivity index (χ3v) is 4.87. The summed E-state index contributed by atoms with van der Waals surface area (Å²) in [4.78, 5) is -0.231. The van der Waals surface area contributed by atoms with Crippen LogP contribution in [0.25, 0.3) is 0 Å².